The average Bonchev–Trinajstić information content (AvgIpc) is 2.83. The Morgan fingerprint density at radius 3 is 2.42 bits per heavy atom. The third-order valence-corrected chi connectivity index (χ3v) is 6.17. The van der Waals surface area contributed by atoms with Crippen LogP contribution in [0.25, 0.3) is 0 Å². The summed E-state index contributed by atoms with van der Waals surface area (Å²) in [7, 11) is -3.23. The SMILES string of the molecule is CC(=O)N1C2(CC(=O)N(C)C2=O)c2cc([N+](=O)[O-])ccc2S1(=O)=O. The fourth-order valence-corrected chi connectivity index (χ4v) is 5.14. The van der Waals surface area contributed by atoms with Crippen LogP contribution in [0.5, 0.6) is 0 Å². The lowest BCUT2D eigenvalue weighted by Crippen LogP contribution is -2.51. The Kier molecular flexibility index (Phi) is 3.08. The molecule has 1 spiro atoms. The number of non-ortho nitro benzene ring substituents is 1. The number of hydrogen-bond donors (Lipinski definition) is 0. The Labute approximate surface area is 135 Å². The van der Waals surface area contributed by atoms with E-state index in [0.717, 1.165) is 30.0 Å². The highest BCUT2D eigenvalue weighted by molar-refractivity contribution is 7.90. The highest BCUT2D eigenvalue weighted by atomic mass is 32.2. The van der Waals surface area contributed by atoms with Gasteiger partial charge in [0, 0.05) is 31.7 Å². The van der Waals surface area contributed by atoms with Crippen LogP contribution in [0.2, 0.25) is 0 Å². The topological polar surface area (TPSA) is 135 Å². The molecular weight excluding hydrogens is 342 g/mol. The van der Waals surface area contributed by atoms with E-state index >= 15 is 0 Å². The van der Waals surface area contributed by atoms with Crippen LogP contribution in [0.4, 0.5) is 5.69 Å². The number of fused-ring (bicyclic) bond motifs is 2. The minimum atomic E-state index is -4.40. The van der Waals surface area contributed by atoms with Crippen LogP contribution in [0.3, 0.4) is 0 Å². The maximum absolute atomic E-state index is 12.7. The van der Waals surface area contributed by atoms with Gasteiger partial charge in [0.15, 0.2) is 5.54 Å². The van der Waals surface area contributed by atoms with Crippen LogP contribution in [-0.4, -0.2) is 47.3 Å². The van der Waals surface area contributed by atoms with Crippen LogP contribution in [0, 0.1) is 10.1 Å². The first-order chi connectivity index (χ1) is 11.0. The van der Waals surface area contributed by atoms with Gasteiger partial charge in [-0.1, -0.05) is 0 Å². The monoisotopic (exact) mass is 353 g/mol. The Balaban J connectivity index is 2.42. The molecule has 1 atom stereocenters. The number of nitrogens with zero attached hydrogens (tertiary/aromatic N) is 3. The molecule has 1 aromatic carbocycles. The smallest absolute Gasteiger partial charge is 0.269 e. The molecule has 3 rings (SSSR count). The summed E-state index contributed by atoms with van der Waals surface area (Å²) in [5.74, 6) is -2.54. The van der Waals surface area contributed by atoms with E-state index in [9.17, 15) is 32.9 Å². The molecule has 0 saturated carbocycles. The molecular formula is C13H11N3O7S. The number of carbonyl (C=O) groups is 3. The highest BCUT2D eigenvalue weighted by Gasteiger charge is 2.66. The van der Waals surface area contributed by atoms with E-state index in [-0.39, 0.29) is 10.5 Å². The number of amides is 3. The molecule has 0 aromatic heterocycles. The van der Waals surface area contributed by atoms with Crippen LogP contribution in [0.15, 0.2) is 23.1 Å². The van der Waals surface area contributed by atoms with Crippen molar-refractivity contribution < 1.29 is 27.7 Å². The number of nitro groups is 1. The van der Waals surface area contributed by atoms with Crippen molar-refractivity contribution in [2.45, 2.75) is 23.8 Å². The molecule has 1 fully saturated rings. The summed E-state index contributed by atoms with van der Waals surface area (Å²) in [4.78, 5) is 47.2. The van der Waals surface area contributed by atoms with Gasteiger partial charge in [-0.15, -0.1) is 0 Å². The van der Waals surface area contributed by atoms with Crippen molar-refractivity contribution in [3.8, 4) is 0 Å². The zero-order valence-electron chi connectivity index (χ0n) is 12.5. The number of likely N-dealkylation sites (N-methyl/N-ethyl adjacent to an activating group) is 1. The summed E-state index contributed by atoms with van der Waals surface area (Å²) < 4.78 is 25.7. The zero-order chi connectivity index (χ0) is 18.0. The van der Waals surface area contributed by atoms with Crippen molar-refractivity contribution in [2.24, 2.45) is 0 Å². The van der Waals surface area contributed by atoms with Gasteiger partial charge in [-0.25, -0.2) is 12.7 Å². The lowest BCUT2D eigenvalue weighted by molar-refractivity contribution is -0.385. The van der Waals surface area contributed by atoms with Crippen molar-refractivity contribution in [3.63, 3.8) is 0 Å². The molecule has 0 N–H and O–H groups in total. The molecule has 2 heterocycles. The Morgan fingerprint density at radius 2 is 1.96 bits per heavy atom. The third kappa shape index (κ3) is 1.69. The van der Waals surface area contributed by atoms with Gasteiger partial charge in [0.2, 0.25) is 11.8 Å². The number of carbonyl (C=O) groups excluding carboxylic acids is 3. The molecule has 1 unspecified atom stereocenters. The summed E-state index contributed by atoms with van der Waals surface area (Å²) in [6, 6.07) is 2.88. The van der Waals surface area contributed by atoms with E-state index in [1.165, 1.54) is 7.05 Å². The maximum Gasteiger partial charge on any atom is 0.269 e. The second-order valence-electron chi connectivity index (χ2n) is 5.52. The van der Waals surface area contributed by atoms with Crippen molar-refractivity contribution in [3.05, 3.63) is 33.9 Å². The maximum atomic E-state index is 12.7. The summed E-state index contributed by atoms with van der Waals surface area (Å²) >= 11 is 0. The minimum Gasteiger partial charge on any atom is -0.283 e. The second kappa shape index (κ2) is 4.60. The summed E-state index contributed by atoms with van der Waals surface area (Å²) in [6.45, 7) is 0.954. The van der Waals surface area contributed by atoms with Crippen molar-refractivity contribution in [1.29, 1.82) is 0 Å². The molecule has 1 saturated heterocycles. The standard InChI is InChI=1S/C13H11N3O7S/c1-7(17)15-13(6-11(18)14(2)12(13)19)9-5-8(16(20)21)3-4-10(9)24(15,22)23/h3-5H,6H2,1-2H3. The molecule has 0 bridgehead atoms. The number of rotatable bonds is 1. The normalized spacial score (nSPS) is 24.6. The average molecular weight is 353 g/mol. The summed E-state index contributed by atoms with van der Waals surface area (Å²) in [6.07, 6.45) is -0.588. The van der Waals surface area contributed by atoms with Crippen molar-refractivity contribution in [2.75, 3.05) is 7.05 Å². The number of hydrogen-bond acceptors (Lipinski definition) is 7. The van der Waals surface area contributed by atoms with Gasteiger partial charge in [-0.05, 0) is 6.07 Å². The molecule has 0 aliphatic carbocycles. The molecule has 3 amide bonds. The van der Waals surface area contributed by atoms with Crippen LogP contribution in [0.1, 0.15) is 18.9 Å². The van der Waals surface area contributed by atoms with Gasteiger partial charge in [0.1, 0.15) is 0 Å². The van der Waals surface area contributed by atoms with Crippen LogP contribution < -0.4 is 0 Å². The van der Waals surface area contributed by atoms with Gasteiger partial charge in [0.25, 0.3) is 21.6 Å². The second-order valence-corrected chi connectivity index (χ2v) is 7.28. The highest BCUT2D eigenvalue weighted by Crippen LogP contribution is 2.51. The number of benzene rings is 1. The van der Waals surface area contributed by atoms with Gasteiger partial charge < -0.3 is 0 Å². The molecule has 2 aliphatic rings. The van der Waals surface area contributed by atoms with E-state index in [4.69, 9.17) is 0 Å². The number of likely N-dealkylation sites (tertiary alicyclic amines) is 1. The summed E-state index contributed by atoms with van der Waals surface area (Å²) in [5.41, 5.74) is -2.77. The molecule has 2 aliphatic heterocycles. The lowest BCUT2D eigenvalue weighted by Gasteiger charge is -2.30. The molecule has 11 heteroatoms. The van der Waals surface area contributed by atoms with Crippen molar-refractivity contribution >= 4 is 33.4 Å². The summed E-state index contributed by atoms with van der Waals surface area (Å²) in [5, 5.41) is 11.0. The zero-order valence-corrected chi connectivity index (χ0v) is 13.4. The van der Waals surface area contributed by atoms with Gasteiger partial charge in [-0.2, -0.15) is 0 Å². The van der Waals surface area contributed by atoms with E-state index in [0.29, 0.717) is 4.31 Å². The molecule has 1 aromatic rings. The predicted molar refractivity (Wildman–Crippen MR) is 76.9 cm³/mol. The molecule has 10 nitrogen and oxygen atoms in total. The van der Waals surface area contributed by atoms with E-state index < -0.39 is 50.3 Å². The largest absolute Gasteiger partial charge is 0.283 e. The molecule has 0 radical (unpaired) electrons. The fraction of sp³-hybridized carbons (Fsp3) is 0.308. The van der Waals surface area contributed by atoms with Crippen LogP contribution in [-0.2, 0) is 29.9 Å². The quantitative estimate of drug-likeness (QED) is 0.385. The van der Waals surface area contributed by atoms with Gasteiger partial charge in [0.05, 0.1) is 16.2 Å². The molecule has 24 heavy (non-hydrogen) atoms. The third-order valence-electron chi connectivity index (χ3n) is 4.21. The lowest BCUT2D eigenvalue weighted by atomic mass is 9.87. The number of nitro benzene ring substituents is 1. The van der Waals surface area contributed by atoms with Crippen LogP contribution >= 0.6 is 0 Å². The van der Waals surface area contributed by atoms with E-state index in [2.05, 4.69) is 0 Å². The Bertz CT molecular complexity index is 939. The first-order valence-corrected chi connectivity index (χ1v) is 8.15. The first-order valence-electron chi connectivity index (χ1n) is 6.71. The van der Waals surface area contributed by atoms with Crippen molar-refractivity contribution in [1.82, 2.24) is 9.21 Å². The number of sulfonamides is 1. The fourth-order valence-electron chi connectivity index (χ4n) is 3.20. The van der Waals surface area contributed by atoms with E-state index in [1.54, 1.807) is 0 Å². The van der Waals surface area contributed by atoms with E-state index in [1.807, 2.05) is 0 Å². The minimum absolute atomic E-state index is 0.227. The predicted octanol–water partition coefficient (Wildman–Crippen LogP) is -0.270. The van der Waals surface area contributed by atoms with Gasteiger partial charge >= 0.3 is 0 Å². The van der Waals surface area contributed by atoms with Gasteiger partial charge in [-0.3, -0.25) is 29.4 Å². The Morgan fingerprint density at radius 1 is 1.33 bits per heavy atom. The number of imide groups is 1. The molecule has 126 valence electrons. The Hall–Kier alpha value is -2.82. The first kappa shape index (κ1) is 16.1.